The SMILES string of the molecule is COCC1CC2(CCN(C(=O)c3cocn3)CC2)CN1C.O=C(O)C(F)(F)F. The Morgan fingerprint density at radius 1 is 1.39 bits per heavy atom. The van der Waals surface area contributed by atoms with Gasteiger partial charge in [0.25, 0.3) is 5.91 Å². The highest BCUT2D eigenvalue weighted by molar-refractivity contribution is 5.91. The molecule has 0 saturated carbocycles. The van der Waals surface area contributed by atoms with E-state index in [1.54, 1.807) is 7.11 Å². The lowest BCUT2D eigenvalue weighted by atomic mass is 9.76. The van der Waals surface area contributed by atoms with Crippen LogP contribution in [0.15, 0.2) is 17.1 Å². The summed E-state index contributed by atoms with van der Waals surface area (Å²) in [5, 5.41) is 7.12. The number of aromatic nitrogens is 1. The number of likely N-dealkylation sites (N-methyl/N-ethyl adjacent to an activating group) is 1. The van der Waals surface area contributed by atoms with Crippen molar-refractivity contribution in [2.75, 3.05) is 40.4 Å². The van der Waals surface area contributed by atoms with Crippen molar-refractivity contribution in [2.24, 2.45) is 5.41 Å². The van der Waals surface area contributed by atoms with Gasteiger partial charge in [-0.25, -0.2) is 9.78 Å². The molecule has 1 aromatic rings. The highest BCUT2D eigenvalue weighted by Crippen LogP contribution is 2.42. The molecule has 0 aromatic carbocycles. The van der Waals surface area contributed by atoms with E-state index in [0.717, 1.165) is 39.1 Å². The van der Waals surface area contributed by atoms with Crippen molar-refractivity contribution in [1.82, 2.24) is 14.8 Å². The van der Waals surface area contributed by atoms with Gasteiger partial charge in [0.1, 0.15) is 6.26 Å². The van der Waals surface area contributed by atoms with E-state index in [4.69, 9.17) is 19.1 Å². The zero-order valence-electron chi connectivity index (χ0n) is 15.7. The standard InChI is InChI=1S/C15H23N3O3.C2HF3O2/c1-17-10-15(7-12(17)8-20-2)3-5-18(6-4-15)14(19)13-9-21-11-16-13;3-2(4,5)1(6)7/h9,11-12H,3-8,10H2,1-2H3;(H,6,7). The van der Waals surface area contributed by atoms with Crippen LogP contribution < -0.4 is 0 Å². The average Bonchev–Trinajstić information content (AvgIpc) is 3.24. The molecule has 1 unspecified atom stereocenters. The fraction of sp³-hybridized carbons (Fsp3) is 0.706. The van der Waals surface area contributed by atoms with Gasteiger partial charge in [-0.1, -0.05) is 0 Å². The maximum Gasteiger partial charge on any atom is 0.490 e. The third-order valence-electron chi connectivity index (χ3n) is 5.24. The molecule has 1 atom stereocenters. The van der Waals surface area contributed by atoms with Crippen molar-refractivity contribution in [3.8, 4) is 0 Å². The number of halogens is 3. The molecule has 8 nitrogen and oxygen atoms in total. The molecule has 3 rings (SSSR count). The largest absolute Gasteiger partial charge is 0.490 e. The van der Waals surface area contributed by atoms with E-state index < -0.39 is 12.1 Å². The summed E-state index contributed by atoms with van der Waals surface area (Å²) in [4.78, 5) is 29.4. The molecule has 1 spiro atoms. The Labute approximate surface area is 160 Å². The molecule has 158 valence electrons. The van der Waals surface area contributed by atoms with Gasteiger partial charge >= 0.3 is 12.1 Å². The third-order valence-corrected chi connectivity index (χ3v) is 5.24. The second-order valence-corrected chi connectivity index (χ2v) is 7.20. The minimum Gasteiger partial charge on any atom is -0.475 e. The van der Waals surface area contributed by atoms with Crippen LogP contribution in [0, 0.1) is 5.41 Å². The second-order valence-electron chi connectivity index (χ2n) is 7.20. The first kappa shape index (κ1) is 22.2. The number of hydrogen-bond donors (Lipinski definition) is 1. The summed E-state index contributed by atoms with van der Waals surface area (Å²) in [6.07, 6.45) is 0.927. The van der Waals surface area contributed by atoms with Crippen LogP contribution >= 0.6 is 0 Å². The number of rotatable bonds is 3. The Morgan fingerprint density at radius 3 is 2.46 bits per heavy atom. The van der Waals surface area contributed by atoms with Crippen molar-refractivity contribution in [3.05, 3.63) is 18.4 Å². The highest BCUT2D eigenvalue weighted by Gasteiger charge is 2.44. The van der Waals surface area contributed by atoms with Crippen LogP contribution in [0.1, 0.15) is 29.8 Å². The number of amides is 1. The van der Waals surface area contributed by atoms with Gasteiger partial charge < -0.3 is 24.1 Å². The molecule has 2 fully saturated rings. The fourth-order valence-corrected chi connectivity index (χ4v) is 3.78. The lowest BCUT2D eigenvalue weighted by Gasteiger charge is -2.39. The Balaban J connectivity index is 0.000000345. The fourth-order valence-electron chi connectivity index (χ4n) is 3.78. The van der Waals surface area contributed by atoms with Crippen LogP contribution in [0.3, 0.4) is 0 Å². The molecule has 1 aromatic heterocycles. The number of carbonyl (C=O) groups is 2. The van der Waals surface area contributed by atoms with E-state index >= 15 is 0 Å². The number of carboxylic acid groups (broad SMARTS) is 1. The summed E-state index contributed by atoms with van der Waals surface area (Å²) in [6, 6.07) is 0.507. The van der Waals surface area contributed by atoms with E-state index in [1.165, 1.54) is 19.1 Å². The number of carboxylic acids is 1. The lowest BCUT2D eigenvalue weighted by molar-refractivity contribution is -0.192. The first-order valence-corrected chi connectivity index (χ1v) is 8.75. The predicted molar refractivity (Wildman–Crippen MR) is 90.7 cm³/mol. The predicted octanol–water partition coefficient (Wildman–Crippen LogP) is 1.88. The van der Waals surface area contributed by atoms with E-state index in [-0.39, 0.29) is 5.91 Å². The monoisotopic (exact) mass is 407 g/mol. The summed E-state index contributed by atoms with van der Waals surface area (Å²) in [5.41, 5.74) is 0.755. The summed E-state index contributed by atoms with van der Waals surface area (Å²) < 4.78 is 41.9. The van der Waals surface area contributed by atoms with Crippen molar-refractivity contribution >= 4 is 11.9 Å². The molecular weight excluding hydrogens is 383 g/mol. The smallest absolute Gasteiger partial charge is 0.475 e. The Bertz CT molecular complexity index is 657. The van der Waals surface area contributed by atoms with Gasteiger partial charge in [0.05, 0.1) is 6.61 Å². The van der Waals surface area contributed by atoms with Crippen molar-refractivity contribution in [3.63, 3.8) is 0 Å². The number of carbonyl (C=O) groups excluding carboxylic acids is 1. The first-order valence-electron chi connectivity index (χ1n) is 8.75. The number of methoxy groups -OCH3 is 1. The number of nitrogens with zero attached hydrogens (tertiary/aromatic N) is 3. The number of alkyl halides is 3. The molecule has 1 amide bonds. The lowest BCUT2D eigenvalue weighted by Crippen LogP contribution is -2.44. The number of aliphatic carboxylic acids is 1. The van der Waals surface area contributed by atoms with Crippen LogP contribution in [0.25, 0.3) is 0 Å². The number of oxazole rings is 1. The van der Waals surface area contributed by atoms with Gasteiger partial charge in [-0.15, -0.1) is 0 Å². The molecule has 11 heteroatoms. The average molecular weight is 407 g/mol. The summed E-state index contributed by atoms with van der Waals surface area (Å²) in [5.74, 6) is -2.77. The van der Waals surface area contributed by atoms with Crippen molar-refractivity contribution < 1.29 is 37.0 Å². The van der Waals surface area contributed by atoms with Crippen molar-refractivity contribution in [2.45, 2.75) is 31.5 Å². The van der Waals surface area contributed by atoms with Crippen LogP contribution in [0.5, 0.6) is 0 Å². The number of piperidine rings is 1. The van der Waals surface area contributed by atoms with Gasteiger partial charge in [0.2, 0.25) is 0 Å². The zero-order chi connectivity index (χ0) is 20.9. The Morgan fingerprint density at radius 2 is 2.00 bits per heavy atom. The summed E-state index contributed by atoms with van der Waals surface area (Å²) >= 11 is 0. The van der Waals surface area contributed by atoms with Crippen LogP contribution in [-0.2, 0) is 9.53 Å². The van der Waals surface area contributed by atoms with Gasteiger partial charge in [0.15, 0.2) is 12.1 Å². The maximum absolute atomic E-state index is 12.3. The third kappa shape index (κ3) is 5.44. The maximum atomic E-state index is 12.3. The molecule has 2 aliphatic heterocycles. The first-order chi connectivity index (χ1) is 13.1. The van der Waals surface area contributed by atoms with Gasteiger partial charge in [-0.05, 0) is 31.7 Å². The zero-order valence-corrected chi connectivity index (χ0v) is 15.7. The number of hydrogen-bond acceptors (Lipinski definition) is 6. The minimum atomic E-state index is -5.08. The second kappa shape index (κ2) is 8.91. The molecular formula is C17H24F3N3O5. The normalized spacial score (nSPS) is 22.0. The van der Waals surface area contributed by atoms with E-state index in [0.29, 0.717) is 17.2 Å². The molecule has 2 saturated heterocycles. The number of likely N-dealkylation sites (tertiary alicyclic amines) is 2. The summed E-state index contributed by atoms with van der Waals surface area (Å²) in [6.45, 7) is 3.51. The van der Waals surface area contributed by atoms with Gasteiger partial charge in [0, 0.05) is 32.8 Å². The highest BCUT2D eigenvalue weighted by atomic mass is 19.4. The van der Waals surface area contributed by atoms with E-state index in [9.17, 15) is 18.0 Å². The molecule has 1 N–H and O–H groups in total. The topological polar surface area (TPSA) is 96.1 Å². The molecule has 0 bridgehead atoms. The van der Waals surface area contributed by atoms with E-state index in [2.05, 4.69) is 16.9 Å². The van der Waals surface area contributed by atoms with Crippen LogP contribution in [0.4, 0.5) is 13.2 Å². The van der Waals surface area contributed by atoms with Crippen LogP contribution in [0.2, 0.25) is 0 Å². The van der Waals surface area contributed by atoms with E-state index in [1.807, 2.05) is 4.90 Å². The van der Waals surface area contributed by atoms with Gasteiger partial charge in [-0.2, -0.15) is 13.2 Å². The Kier molecular flexibility index (Phi) is 7.05. The minimum absolute atomic E-state index is 0.0154. The molecule has 2 aliphatic rings. The Hall–Kier alpha value is -2.14. The molecule has 3 heterocycles. The molecule has 0 radical (unpaired) electrons. The summed E-state index contributed by atoms with van der Waals surface area (Å²) in [7, 11) is 3.93. The van der Waals surface area contributed by atoms with Gasteiger partial charge in [-0.3, -0.25) is 4.79 Å². The molecule has 0 aliphatic carbocycles. The number of ether oxygens (including phenoxy) is 1. The van der Waals surface area contributed by atoms with Crippen LogP contribution in [-0.4, -0.2) is 84.4 Å². The van der Waals surface area contributed by atoms with Crippen molar-refractivity contribution in [1.29, 1.82) is 0 Å². The quantitative estimate of drug-likeness (QED) is 0.817. The molecule has 28 heavy (non-hydrogen) atoms.